The fourth-order valence-corrected chi connectivity index (χ4v) is 5.42. The lowest BCUT2D eigenvalue weighted by Gasteiger charge is -2.19. The molecule has 4 heterocycles. The van der Waals surface area contributed by atoms with Gasteiger partial charge < -0.3 is 5.32 Å². The third kappa shape index (κ3) is 6.62. The van der Waals surface area contributed by atoms with Gasteiger partial charge in [-0.1, -0.05) is 45.6 Å². The standard InChI is InChI=1S/C32H38N6O2/c1-3-22(4-2)16-30(39)29-12-10-26(20-34-29)35-32(40)31-27-17-24(9-11-28(27)36-37-31)25-15-23(18-33-19-25)21-38-13-7-5-6-8-14-38/h9-12,15,17-20,22H,3-8,13-14,16,21H2,1-2H3,(H,35,40)(H,36,37). The van der Waals surface area contributed by atoms with Gasteiger partial charge in [-0.25, -0.2) is 0 Å². The molecule has 5 rings (SSSR count). The number of nitrogens with zero attached hydrogens (tertiary/aromatic N) is 4. The Morgan fingerprint density at radius 2 is 1.75 bits per heavy atom. The Morgan fingerprint density at radius 1 is 0.950 bits per heavy atom. The molecule has 3 aromatic heterocycles. The molecule has 8 heteroatoms. The van der Waals surface area contributed by atoms with Gasteiger partial charge in [-0.2, -0.15) is 5.10 Å². The minimum atomic E-state index is -0.339. The SMILES string of the molecule is CCC(CC)CC(=O)c1ccc(NC(=O)c2n[nH]c3ccc(-c4cncc(CN5CCCCCC5)c4)cc23)cn1. The van der Waals surface area contributed by atoms with Crippen LogP contribution in [0.15, 0.2) is 55.0 Å². The molecule has 1 aliphatic heterocycles. The number of carbonyl (C=O) groups is 2. The second kappa shape index (κ2) is 13.0. The molecule has 0 bridgehead atoms. The first-order chi connectivity index (χ1) is 19.5. The number of Topliss-reactive ketones (excluding diaryl/α,β-unsaturated/α-hetero) is 1. The highest BCUT2D eigenvalue weighted by Gasteiger charge is 2.18. The van der Waals surface area contributed by atoms with Crippen LogP contribution in [0.4, 0.5) is 5.69 Å². The lowest BCUT2D eigenvalue weighted by Crippen LogP contribution is -2.24. The number of rotatable bonds is 10. The number of hydrogen-bond donors (Lipinski definition) is 2. The van der Waals surface area contributed by atoms with Crippen LogP contribution in [0.2, 0.25) is 0 Å². The second-order valence-electron chi connectivity index (χ2n) is 10.8. The van der Waals surface area contributed by atoms with Crippen LogP contribution in [-0.4, -0.2) is 49.8 Å². The lowest BCUT2D eigenvalue weighted by atomic mass is 9.96. The predicted molar refractivity (Wildman–Crippen MR) is 158 cm³/mol. The van der Waals surface area contributed by atoms with E-state index in [1.165, 1.54) is 37.4 Å². The summed E-state index contributed by atoms with van der Waals surface area (Å²) in [5.41, 5.74) is 5.21. The van der Waals surface area contributed by atoms with Gasteiger partial charge >= 0.3 is 0 Å². The molecule has 2 N–H and O–H groups in total. The van der Waals surface area contributed by atoms with Gasteiger partial charge in [0.2, 0.25) is 0 Å². The van der Waals surface area contributed by atoms with Gasteiger partial charge in [0.25, 0.3) is 5.91 Å². The summed E-state index contributed by atoms with van der Waals surface area (Å²) in [6.07, 6.45) is 12.9. The van der Waals surface area contributed by atoms with Crippen molar-refractivity contribution in [1.29, 1.82) is 0 Å². The summed E-state index contributed by atoms with van der Waals surface area (Å²) >= 11 is 0. The van der Waals surface area contributed by atoms with Crippen molar-refractivity contribution in [2.75, 3.05) is 18.4 Å². The van der Waals surface area contributed by atoms with E-state index in [0.29, 0.717) is 29.4 Å². The van der Waals surface area contributed by atoms with E-state index < -0.39 is 0 Å². The average Bonchev–Trinajstić information content (AvgIpc) is 3.24. The number of anilines is 1. The predicted octanol–water partition coefficient (Wildman–Crippen LogP) is 6.66. The summed E-state index contributed by atoms with van der Waals surface area (Å²) in [5, 5.41) is 10.9. The van der Waals surface area contributed by atoms with Gasteiger partial charge in [0, 0.05) is 36.3 Å². The number of nitrogens with one attached hydrogen (secondary N) is 2. The Bertz CT molecular complexity index is 1450. The summed E-state index contributed by atoms with van der Waals surface area (Å²) in [4.78, 5) is 37.1. The van der Waals surface area contributed by atoms with Crippen molar-refractivity contribution in [3.8, 4) is 11.1 Å². The summed E-state index contributed by atoms with van der Waals surface area (Å²) in [6, 6.07) is 11.5. The highest BCUT2D eigenvalue weighted by Crippen LogP contribution is 2.27. The number of hydrogen-bond acceptors (Lipinski definition) is 6. The molecule has 1 fully saturated rings. The van der Waals surface area contributed by atoms with Crippen LogP contribution in [0.5, 0.6) is 0 Å². The minimum absolute atomic E-state index is 0.0300. The van der Waals surface area contributed by atoms with E-state index in [9.17, 15) is 9.59 Å². The fourth-order valence-electron chi connectivity index (χ4n) is 5.42. The number of aromatic nitrogens is 4. The first-order valence-electron chi connectivity index (χ1n) is 14.5. The van der Waals surface area contributed by atoms with Crippen molar-refractivity contribution < 1.29 is 9.59 Å². The zero-order chi connectivity index (χ0) is 27.9. The molecule has 1 aliphatic rings. The summed E-state index contributed by atoms with van der Waals surface area (Å²) < 4.78 is 0. The number of carbonyl (C=O) groups excluding carboxylic acids is 2. The van der Waals surface area contributed by atoms with E-state index in [1.807, 2.05) is 30.6 Å². The molecule has 0 unspecified atom stereocenters. The molecule has 8 nitrogen and oxygen atoms in total. The number of fused-ring (bicyclic) bond motifs is 1. The van der Waals surface area contributed by atoms with E-state index >= 15 is 0 Å². The molecule has 1 saturated heterocycles. The summed E-state index contributed by atoms with van der Waals surface area (Å²) in [7, 11) is 0. The van der Waals surface area contributed by atoms with Gasteiger partial charge in [-0.15, -0.1) is 0 Å². The van der Waals surface area contributed by atoms with Crippen LogP contribution in [0, 0.1) is 5.92 Å². The Labute approximate surface area is 235 Å². The van der Waals surface area contributed by atoms with Crippen molar-refractivity contribution in [1.82, 2.24) is 25.1 Å². The largest absolute Gasteiger partial charge is 0.319 e. The Kier molecular flexibility index (Phi) is 8.96. The zero-order valence-electron chi connectivity index (χ0n) is 23.4. The normalized spacial score (nSPS) is 14.4. The molecule has 0 spiro atoms. The van der Waals surface area contributed by atoms with E-state index in [4.69, 9.17) is 0 Å². The number of aromatic amines is 1. The zero-order valence-corrected chi connectivity index (χ0v) is 23.4. The van der Waals surface area contributed by atoms with Crippen molar-refractivity contribution >= 4 is 28.3 Å². The minimum Gasteiger partial charge on any atom is -0.319 e. The molecule has 0 atom stereocenters. The molecule has 4 aromatic rings. The monoisotopic (exact) mass is 538 g/mol. The van der Waals surface area contributed by atoms with Gasteiger partial charge in [-0.3, -0.25) is 29.6 Å². The lowest BCUT2D eigenvalue weighted by molar-refractivity contribution is 0.0953. The molecule has 1 aromatic carbocycles. The maximum Gasteiger partial charge on any atom is 0.276 e. The molecular weight excluding hydrogens is 500 g/mol. The van der Waals surface area contributed by atoms with Gasteiger partial charge in [0.15, 0.2) is 11.5 Å². The second-order valence-corrected chi connectivity index (χ2v) is 10.8. The van der Waals surface area contributed by atoms with Gasteiger partial charge in [-0.05, 0) is 73.3 Å². The summed E-state index contributed by atoms with van der Waals surface area (Å²) in [5.74, 6) is 0.0563. The first-order valence-corrected chi connectivity index (χ1v) is 14.5. The maximum absolute atomic E-state index is 13.2. The van der Waals surface area contributed by atoms with E-state index in [-0.39, 0.29) is 11.7 Å². The molecule has 208 valence electrons. The van der Waals surface area contributed by atoms with Crippen LogP contribution in [0.25, 0.3) is 22.0 Å². The average molecular weight is 539 g/mol. The molecule has 0 radical (unpaired) electrons. The number of amides is 1. The number of pyridine rings is 2. The third-order valence-corrected chi connectivity index (χ3v) is 7.95. The van der Waals surface area contributed by atoms with E-state index in [2.05, 4.69) is 50.3 Å². The van der Waals surface area contributed by atoms with Crippen LogP contribution in [0.3, 0.4) is 0 Å². The highest BCUT2D eigenvalue weighted by molar-refractivity contribution is 6.11. The van der Waals surface area contributed by atoms with E-state index in [0.717, 1.165) is 54.5 Å². The molecule has 0 aliphatic carbocycles. The molecule has 1 amide bonds. The Hall–Kier alpha value is -3.91. The fraction of sp³-hybridized carbons (Fsp3) is 0.406. The van der Waals surface area contributed by atoms with Crippen molar-refractivity contribution in [3.63, 3.8) is 0 Å². The third-order valence-electron chi connectivity index (χ3n) is 7.95. The first kappa shape index (κ1) is 27.6. The van der Waals surface area contributed by atoms with Crippen molar-refractivity contribution in [2.24, 2.45) is 5.92 Å². The topological polar surface area (TPSA) is 104 Å². The highest BCUT2D eigenvalue weighted by atomic mass is 16.2. The quantitative estimate of drug-likeness (QED) is 0.219. The van der Waals surface area contributed by atoms with Crippen molar-refractivity contribution in [2.45, 2.75) is 65.3 Å². The number of likely N-dealkylation sites (tertiary alicyclic amines) is 1. The number of ketones is 1. The van der Waals surface area contributed by atoms with Crippen LogP contribution < -0.4 is 5.32 Å². The smallest absolute Gasteiger partial charge is 0.276 e. The molecular formula is C32H38N6O2. The number of benzene rings is 1. The summed E-state index contributed by atoms with van der Waals surface area (Å²) in [6.45, 7) is 7.37. The van der Waals surface area contributed by atoms with Gasteiger partial charge in [0.1, 0.15) is 5.69 Å². The maximum atomic E-state index is 13.2. The van der Waals surface area contributed by atoms with Crippen LogP contribution in [0.1, 0.15) is 85.3 Å². The molecule has 40 heavy (non-hydrogen) atoms. The number of H-pyrrole nitrogens is 1. The molecule has 0 saturated carbocycles. The van der Waals surface area contributed by atoms with Crippen molar-refractivity contribution in [3.05, 3.63) is 71.9 Å². The van der Waals surface area contributed by atoms with Crippen LogP contribution in [-0.2, 0) is 6.54 Å². The Balaban J connectivity index is 1.30. The van der Waals surface area contributed by atoms with Crippen LogP contribution >= 0.6 is 0 Å². The van der Waals surface area contributed by atoms with Gasteiger partial charge in [0.05, 0.1) is 17.4 Å². The Morgan fingerprint density at radius 3 is 2.48 bits per heavy atom. The van der Waals surface area contributed by atoms with E-state index in [1.54, 1.807) is 12.1 Å².